The lowest BCUT2D eigenvalue weighted by atomic mass is 9.99. The van der Waals surface area contributed by atoms with Crippen LogP contribution in [0.1, 0.15) is 27.7 Å². The molecule has 2 heterocycles. The number of halogens is 1. The number of rotatable bonds is 3. The Morgan fingerprint density at radius 1 is 0.900 bits per heavy atom. The maximum Gasteiger partial charge on any atom is 0.255 e. The van der Waals surface area contributed by atoms with Crippen LogP contribution in [0, 0.1) is 6.92 Å². The number of aryl methyl sites for hydroxylation is 1. The third kappa shape index (κ3) is 3.23. The fourth-order valence-electron chi connectivity index (χ4n) is 3.86. The van der Waals surface area contributed by atoms with Crippen molar-refractivity contribution in [2.75, 3.05) is 5.32 Å². The Hall–Kier alpha value is -3.57. The molecule has 1 aliphatic heterocycles. The van der Waals surface area contributed by atoms with E-state index in [4.69, 9.17) is 11.6 Å². The van der Waals surface area contributed by atoms with Crippen molar-refractivity contribution in [3.05, 3.63) is 94.6 Å². The minimum absolute atomic E-state index is 0.161. The second-order valence-corrected chi connectivity index (χ2v) is 7.78. The van der Waals surface area contributed by atoms with Gasteiger partial charge in [-0.15, -0.1) is 0 Å². The second kappa shape index (κ2) is 7.35. The van der Waals surface area contributed by atoms with Gasteiger partial charge >= 0.3 is 0 Å². The van der Waals surface area contributed by atoms with Crippen molar-refractivity contribution >= 4 is 23.2 Å². The summed E-state index contributed by atoms with van der Waals surface area (Å²) < 4.78 is 0. The van der Waals surface area contributed by atoms with E-state index in [2.05, 4.69) is 57.2 Å². The van der Waals surface area contributed by atoms with Gasteiger partial charge < -0.3 is 10.6 Å². The van der Waals surface area contributed by atoms with Crippen LogP contribution in [-0.2, 0) is 0 Å². The molecule has 1 atom stereocenters. The summed E-state index contributed by atoms with van der Waals surface area (Å²) in [4.78, 5) is 12.7. The number of hydrogen-bond donors (Lipinski definition) is 3. The number of nitrogens with zero attached hydrogens (tertiary/aromatic N) is 1. The molecule has 0 spiro atoms. The molecule has 5 nitrogen and oxygen atoms in total. The number of nitrogens with one attached hydrogen (secondary N) is 3. The van der Waals surface area contributed by atoms with Gasteiger partial charge in [0.15, 0.2) is 0 Å². The molecular formula is C24H19ClN4O. The van der Waals surface area contributed by atoms with E-state index >= 15 is 0 Å². The van der Waals surface area contributed by atoms with Crippen LogP contribution >= 0.6 is 11.6 Å². The lowest BCUT2D eigenvalue weighted by Crippen LogP contribution is -2.38. The van der Waals surface area contributed by atoms with Gasteiger partial charge in [-0.25, -0.2) is 0 Å². The normalized spacial score (nSPS) is 15.3. The topological polar surface area (TPSA) is 69.8 Å². The molecule has 6 heteroatoms. The highest BCUT2D eigenvalue weighted by Gasteiger charge is 2.28. The highest BCUT2D eigenvalue weighted by atomic mass is 35.5. The first-order valence-electron chi connectivity index (χ1n) is 9.67. The summed E-state index contributed by atoms with van der Waals surface area (Å²) >= 11 is 6.12. The van der Waals surface area contributed by atoms with Crippen LogP contribution in [0.25, 0.3) is 22.4 Å². The van der Waals surface area contributed by atoms with Crippen molar-refractivity contribution in [2.45, 2.75) is 13.1 Å². The van der Waals surface area contributed by atoms with Crippen LogP contribution in [-0.4, -0.2) is 16.1 Å². The molecule has 0 radical (unpaired) electrons. The molecule has 1 amide bonds. The summed E-state index contributed by atoms with van der Waals surface area (Å²) in [5.41, 5.74) is 7.31. The van der Waals surface area contributed by atoms with Gasteiger partial charge in [0.2, 0.25) is 0 Å². The molecule has 1 aromatic heterocycles. The quantitative estimate of drug-likeness (QED) is 0.411. The SMILES string of the molecule is Cc1cc(Cl)cc2c1NC(c1cn[nH]c1-c1ccc(-c3ccccc3)cc1)NC2=O. The Bertz CT molecular complexity index is 1230. The van der Waals surface area contributed by atoms with Crippen molar-refractivity contribution in [2.24, 2.45) is 0 Å². The zero-order valence-corrected chi connectivity index (χ0v) is 17.0. The molecular weight excluding hydrogens is 396 g/mol. The lowest BCUT2D eigenvalue weighted by molar-refractivity contribution is 0.0935. The van der Waals surface area contributed by atoms with Gasteiger partial charge in [-0.05, 0) is 41.3 Å². The Balaban J connectivity index is 1.48. The van der Waals surface area contributed by atoms with E-state index < -0.39 is 6.17 Å². The summed E-state index contributed by atoms with van der Waals surface area (Å²) in [6.07, 6.45) is 1.35. The fraction of sp³-hybridized carbons (Fsp3) is 0.0833. The number of anilines is 1. The molecule has 4 aromatic rings. The number of hydrogen-bond acceptors (Lipinski definition) is 3. The monoisotopic (exact) mass is 414 g/mol. The van der Waals surface area contributed by atoms with Gasteiger partial charge in [-0.1, -0.05) is 66.2 Å². The van der Waals surface area contributed by atoms with Crippen molar-refractivity contribution in [1.82, 2.24) is 15.5 Å². The van der Waals surface area contributed by atoms with E-state index in [9.17, 15) is 4.79 Å². The van der Waals surface area contributed by atoms with Gasteiger partial charge in [0, 0.05) is 10.6 Å². The molecule has 0 bridgehead atoms. The van der Waals surface area contributed by atoms with Gasteiger partial charge in [0.25, 0.3) is 5.91 Å². The van der Waals surface area contributed by atoms with Crippen molar-refractivity contribution in [3.63, 3.8) is 0 Å². The number of carbonyl (C=O) groups is 1. The predicted molar refractivity (Wildman–Crippen MR) is 119 cm³/mol. The van der Waals surface area contributed by atoms with Crippen molar-refractivity contribution in [3.8, 4) is 22.4 Å². The molecule has 1 aliphatic rings. The molecule has 3 N–H and O–H groups in total. The standard InChI is InChI=1S/C24H19ClN4O/c1-14-11-18(25)12-19-21(14)27-23(28-24(19)30)20-13-26-29-22(20)17-9-7-16(8-10-17)15-5-3-2-4-6-15/h2-13,23,27H,1H3,(H,26,29)(H,28,30). The van der Waals surface area contributed by atoms with Gasteiger partial charge in [0.05, 0.1) is 23.1 Å². The van der Waals surface area contributed by atoms with Crippen molar-refractivity contribution < 1.29 is 4.79 Å². The van der Waals surface area contributed by atoms with Gasteiger partial charge in [-0.3, -0.25) is 9.89 Å². The summed E-state index contributed by atoms with van der Waals surface area (Å²) in [7, 11) is 0. The Morgan fingerprint density at radius 2 is 1.60 bits per heavy atom. The molecule has 30 heavy (non-hydrogen) atoms. The minimum Gasteiger partial charge on any atom is -0.361 e. The molecule has 5 rings (SSSR count). The summed E-state index contributed by atoms with van der Waals surface area (Å²) in [5.74, 6) is -0.161. The predicted octanol–water partition coefficient (Wildman–Crippen LogP) is 5.56. The summed E-state index contributed by atoms with van der Waals surface area (Å²) in [5, 5.41) is 14.3. The minimum atomic E-state index is -0.396. The van der Waals surface area contributed by atoms with E-state index in [1.54, 1.807) is 12.3 Å². The van der Waals surface area contributed by atoms with Crippen molar-refractivity contribution in [1.29, 1.82) is 0 Å². The molecule has 0 saturated heterocycles. The maximum atomic E-state index is 12.7. The van der Waals surface area contributed by atoms with E-state index in [-0.39, 0.29) is 5.91 Å². The van der Waals surface area contributed by atoms with E-state index in [1.165, 1.54) is 5.56 Å². The Morgan fingerprint density at radius 3 is 2.37 bits per heavy atom. The van der Waals surface area contributed by atoms with Crippen LogP contribution in [0.5, 0.6) is 0 Å². The lowest BCUT2D eigenvalue weighted by Gasteiger charge is -2.29. The largest absolute Gasteiger partial charge is 0.361 e. The number of fused-ring (bicyclic) bond motifs is 1. The van der Waals surface area contributed by atoms with Gasteiger partial charge in [-0.2, -0.15) is 5.10 Å². The first-order valence-corrected chi connectivity index (χ1v) is 10.0. The molecule has 1 unspecified atom stereocenters. The van der Waals surface area contributed by atoms with Gasteiger partial charge in [0.1, 0.15) is 6.17 Å². The second-order valence-electron chi connectivity index (χ2n) is 7.34. The highest BCUT2D eigenvalue weighted by molar-refractivity contribution is 6.31. The third-order valence-corrected chi connectivity index (χ3v) is 5.59. The molecule has 148 valence electrons. The smallest absolute Gasteiger partial charge is 0.255 e. The molecule has 3 aromatic carbocycles. The average Bonchev–Trinajstić information content (AvgIpc) is 3.25. The Labute approximate surface area is 179 Å². The summed E-state index contributed by atoms with van der Waals surface area (Å²) in [6.45, 7) is 1.94. The number of amides is 1. The molecule has 0 saturated carbocycles. The number of aromatic nitrogens is 2. The fourth-order valence-corrected chi connectivity index (χ4v) is 4.14. The third-order valence-electron chi connectivity index (χ3n) is 5.37. The highest BCUT2D eigenvalue weighted by Crippen LogP contribution is 2.35. The average molecular weight is 415 g/mol. The van der Waals surface area contributed by atoms with Crippen LogP contribution < -0.4 is 10.6 Å². The van der Waals surface area contributed by atoms with Crippen LogP contribution in [0.2, 0.25) is 5.02 Å². The zero-order valence-electron chi connectivity index (χ0n) is 16.2. The number of benzene rings is 3. The van der Waals surface area contributed by atoms with Crippen LogP contribution in [0.15, 0.2) is 72.9 Å². The van der Waals surface area contributed by atoms with E-state index in [0.29, 0.717) is 10.6 Å². The molecule has 0 aliphatic carbocycles. The first kappa shape index (κ1) is 18.5. The number of H-pyrrole nitrogens is 1. The Kier molecular flexibility index (Phi) is 4.52. The van der Waals surface area contributed by atoms with Crippen LogP contribution in [0.3, 0.4) is 0 Å². The summed E-state index contributed by atoms with van der Waals surface area (Å²) in [6, 6.07) is 22.1. The van der Waals surface area contributed by atoms with E-state index in [0.717, 1.165) is 33.6 Å². The maximum absolute atomic E-state index is 12.7. The first-order chi connectivity index (χ1) is 14.6. The molecule has 0 fully saturated rings. The van der Waals surface area contributed by atoms with Crippen LogP contribution in [0.4, 0.5) is 5.69 Å². The number of aromatic amines is 1. The van der Waals surface area contributed by atoms with E-state index in [1.807, 2.05) is 31.2 Å². The zero-order chi connectivity index (χ0) is 20.7. The number of carbonyl (C=O) groups excluding carboxylic acids is 1.